The molecule has 0 saturated heterocycles. The second-order valence-electron chi connectivity index (χ2n) is 8.11. The number of aliphatic carboxylic acids is 1. The Labute approximate surface area is 207 Å². The molecule has 0 spiro atoms. The number of amides is 2. The first kappa shape index (κ1) is 27.7. The van der Waals surface area contributed by atoms with E-state index in [-0.39, 0.29) is 33.7 Å². The molecule has 2 amide bonds. The number of aryl methyl sites for hydroxylation is 1. The minimum Gasteiger partial charge on any atom is -0.481 e. The fourth-order valence-corrected chi connectivity index (χ4v) is 4.22. The van der Waals surface area contributed by atoms with Crippen molar-refractivity contribution in [3.05, 3.63) is 39.6 Å². The van der Waals surface area contributed by atoms with Gasteiger partial charge < -0.3 is 15.7 Å². The van der Waals surface area contributed by atoms with Crippen molar-refractivity contribution in [3.63, 3.8) is 0 Å². The number of carboxylic acids is 1. The number of anilines is 3. The van der Waals surface area contributed by atoms with Gasteiger partial charge in [-0.2, -0.15) is 0 Å². The standard InChI is InChI=1S/C23H31N5O6S/c1-15-22(28(33)34)35-23(25-15)27-21(32)18-12-11-17(14-19(18)26-16(2)29)24-13-9-7-5-3-4-6-8-10-20(30)31/h11-12,14,24H,3-10,13H2,1-2H3,(H,26,29)(H,30,31)(H,25,27,32). The molecule has 11 nitrogen and oxygen atoms in total. The van der Waals surface area contributed by atoms with Crippen molar-refractivity contribution < 1.29 is 24.4 Å². The molecule has 1 aromatic carbocycles. The van der Waals surface area contributed by atoms with Crippen LogP contribution in [0.15, 0.2) is 18.2 Å². The van der Waals surface area contributed by atoms with Crippen molar-refractivity contribution >= 4 is 50.6 Å². The lowest BCUT2D eigenvalue weighted by Crippen LogP contribution is -2.17. The number of carboxylic acid groups (broad SMARTS) is 1. The van der Waals surface area contributed by atoms with E-state index in [1.54, 1.807) is 18.2 Å². The summed E-state index contributed by atoms with van der Waals surface area (Å²) in [7, 11) is 0. The van der Waals surface area contributed by atoms with E-state index in [1.165, 1.54) is 13.8 Å². The summed E-state index contributed by atoms with van der Waals surface area (Å²) in [6.45, 7) is 3.57. The molecule has 12 heteroatoms. The van der Waals surface area contributed by atoms with Crippen LogP contribution in [0.5, 0.6) is 0 Å². The lowest BCUT2D eigenvalue weighted by Gasteiger charge is -2.13. The van der Waals surface area contributed by atoms with Gasteiger partial charge in [0.05, 0.1) is 16.2 Å². The molecule has 0 unspecified atom stereocenters. The topological polar surface area (TPSA) is 164 Å². The van der Waals surface area contributed by atoms with E-state index in [9.17, 15) is 24.5 Å². The van der Waals surface area contributed by atoms with E-state index in [0.717, 1.165) is 68.5 Å². The zero-order valence-electron chi connectivity index (χ0n) is 19.9. The molecule has 0 fully saturated rings. The van der Waals surface area contributed by atoms with Gasteiger partial charge in [0.15, 0.2) is 5.13 Å². The Morgan fingerprint density at radius 3 is 2.31 bits per heavy atom. The first-order valence-electron chi connectivity index (χ1n) is 11.5. The molecular weight excluding hydrogens is 474 g/mol. The molecule has 35 heavy (non-hydrogen) atoms. The van der Waals surface area contributed by atoms with Crippen molar-refractivity contribution in [2.75, 3.05) is 22.5 Å². The van der Waals surface area contributed by atoms with Crippen molar-refractivity contribution in [2.45, 2.75) is 65.2 Å². The van der Waals surface area contributed by atoms with Crippen LogP contribution in [0.1, 0.15) is 74.3 Å². The molecular formula is C23H31N5O6S. The smallest absolute Gasteiger partial charge is 0.348 e. The first-order chi connectivity index (χ1) is 16.7. The van der Waals surface area contributed by atoms with Crippen LogP contribution in [-0.2, 0) is 9.59 Å². The first-order valence-corrected chi connectivity index (χ1v) is 12.3. The molecule has 2 aromatic rings. The fourth-order valence-electron chi connectivity index (χ4n) is 3.44. The molecule has 0 atom stereocenters. The van der Waals surface area contributed by atoms with E-state index in [1.807, 2.05) is 0 Å². The van der Waals surface area contributed by atoms with Gasteiger partial charge in [0.25, 0.3) is 5.91 Å². The van der Waals surface area contributed by atoms with Crippen molar-refractivity contribution in [1.82, 2.24) is 4.98 Å². The number of carbonyl (C=O) groups is 3. The van der Waals surface area contributed by atoms with E-state index >= 15 is 0 Å². The minimum absolute atomic E-state index is 0.108. The third-order valence-electron chi connectivity index (χ3n) is 5.13. The van der Waals surface area contributed by atoms with E-state index in [2.05, 4.69) is 20.9 Å². The van der Waals surface area contributed by atoms with Crippen LogP contribution in [0.2, 0.25) is 0 Å². The number of hydrogen-bond donors (Lipinski definition) is 4. The average molecular weight is 506 g/mol. The molecule has 190 valence electrons. The quantitative estimate of drug-likeness (QED) is 0.146. The lowest BCUT2D eigenvalue weighted by molar-refractivity contribution is -0.380. The van der Waals surface area contributed by atoms with Gasteiger partial charge in [-0.1, -0.05) is 32.1 Å². The summed E-state index contributed by atoms with van der Waals surface area (Å²) < 4.78 is 0. The van der Waals surface area contributed by atoms with Crippen molar-refractivity contribution in [3.8, 4) is 0 Å². The Balaban J connectivity index is 1.87. The molecule has 2 rings (SSSR count). The highest BCUT2D eigenvalue weighted by Gasteiger charge is 2.20. The molecule has 0 aliphatic heterocycles. The number of unbranched alkanes of at least 4 members (excludes halogenated alkanes) is 6. The summed E-state index contributed by atoms with van der Waals surface area (Å²) in [5.41, 5.74) is 1.50. The Morgan fingerprint density at radius 2 is 1.71 bits per heavy atom. The Bertz CT molecular complexity index is 1060. The van der Waals surface area contributed by atoms with Crippen molar-refractivity contribution in [1.29, 1.82) is 0 Å². The maximum atomic E-state index is 12.8. The molecule has 1 aromatic heterocycles. The van der Waals surface area contributed by atoms with Gasteiger partial charge in [0, 0.05) is 25.6 Å². The SMILES string of the molecule is CC(=O)Nc1cc(NCCCCCCCCCC(=O)O)ccc1C(=O)Nc1nc(C)c([N+](=O)[O-])s1. The predicted molar refractivity (Wildman–Crippen MR) is 135 cm³/mol. The Kier molecular flexibility index (Phi) is 11.1. The van der Waals surface area contributed by atoms with Crippen LogP contribution in [0, 0.1) is 17.0 Å². The lowest BCUT2D eigenvalue weighted by atomic mass is 10.1. The van der Waals surface area contributed by atoms with Crippen LogP contribution >= 0.6 is 11.3 Å². The summed E-state index contributed by atoms with van der Waals surface area (Å²) in [4.78, 5) is 49.4. The second-order valence-corrected chi connectivity index (χ2v) is 9.09. The number of aromatic nitrogens is 1. The van der Waals surface area contributed by atoms with Crippen molar-refractivity contribution in [2.24, 2.45) is 0 Å². The van der Waals surface area contributed by atoms with Gasteiger partial charge in [-0.25, -0.2) is 4.98 Å². The maximum absolute atomic E-state index is 12.8. The zero-order valence-corrected chi connectivity index (χ0v) is 20.7. The number of benzene rings is 1. The molecule has 0 aliphatic rings. The van der Waals surface area contributed by atoms with Gasteiger partial charge in [-0.3, -0.25) is 29.8 Å². The fraction of sp³-hybridized carbons (Fsp3) is 0.478. The Hall–Kier alpha value is -3.54. The summed E-state index contributed by atoms with van der Waals surface area (Å²) in [6.07, 6.45) is 7.10. The summed E-state index contributed by atoms with van der Waals surface area (Å²) in [6, 6.07) is 4.99. The minimum atomic E-state index is -0.743. The zero-order chi connectivity index (χ0) is 25.8. The monoisotopic (exact) mass is 505 g/mol. The van der Waals surface area contributed by atoms with E-state index < -0.39 is 16.8 Å². The molecule has 0 bridgehead atoms. The number of nitro groups is 1. The third-order valence-corrected chi connectivity index (χ3v) is 6.15. The summed E-state index contributed by atoms with van der Waals surface area (Å²) in [5.74, 6) is -1.61. The summed E-state index contributed by atoms with van der Waals surface area (Å²) in [5, 5.41) is 28.1. The number of nitrogens with one attached hydrogen (secondary N) is 3. The number of hydrogen-bond acceptors (Lipinski definition) is 8. The number of rotatable bonds is 15. The van der Waals surface area contributed by atoms with Crippen LogP contribution < -0.4 is 16.0 Å². The highest BCUT2D eigenvalue weighted by atomic mass is 32.1. The van der Waals surface area contributed by atoms with Crippen LogP contribution in [0.25, 0.3) is 0 Å². The third kappa shape index (κ3) is 9.69. The predicted octanol–water partition coefficient (Wildman–Crippen LogP) is 5.19. The number of thiazole rings is 1. The van der Waals surface area contributed by atoms with Crippen LogP contribution in [0.3, 0.4) is 0 Å². The highest BCUT2D eigenvalue weighted by Crippen LogP contribution is 2.30. The van der Waals surface area contributed by atoms with Gasteiger partial charge in [0.1, 0.15) is 5.69 Å². The molecule has 1 heterocycles. The molecule has 0 aliphatic carbocycles. The second kappa shape index (κ2) is 14.0. The average Bonchev–Trinajstić information content (AvgIpc) is 3.14. The maximum Gasteiger partial charge on any atom is 0.348 e. The van der Waals surface area contributed by atoms with Crippen LogP contribution in [-0.4, -0.2) is 39.3 Å². The molecule has 4 N–H and O–H groups in total. The molecule has 0 saturated carbocycles. The van der Waals surface area contributed by atoms with Gasteiger partial charge in [-0.15, -0.1) is 0 Å². The van der Waals surface area contributed by atoms with Gasteiger partial charge in [0.2, 0.25) is 5.91 Å². The van der Waals surface area contributed by atoms with E-state index in [0.29, 0.717) is 5.69 Å². The Morgan fingerprint density at radius 1 is 1.06 bits per heavy atom. The van der Waals surface area contributed by atoms with Gasteiger partial charge >= 0.3 is 11.0 Å². The van der Waals surface area contributed by atoms with Gasteiger partial charge in [-0.05, 0) is 49.3 Å². The van der Waals surface area contributed by atoms with Crippen LogP contribution in [0.4, 0.5) is 21.5 Å². The highest BCUT2D eigenvalue weighted by molar-refractivity contribution is 7.19. The number of carbonyl (C=O) groups excluding carboxylic acids is 2. The number of nitrogens with zero attached hydrogens (tertiary/aromatic N) is 2. The summed E-state index contributed by atoms with van der Waals surface area (Å²) >= 11 is 0.772. The van der Waals surface area contributed by atoms with E-state index in [4.69, 9.17) is 5.11 Å². The largest absolute Gasteiger partial charge is 0.481 e. The molecule has 0 radical (unpaired) electrons. The normalized spacial score (nSPS) is 10.6.